The number of hydrogen-bond acceptors (Lipinski definition) is 2. The molecule has 3 unspecified atom stereocenters. The number of alkyl halides is 3. The van der Waals surface area contributed by atoms with Gasteiger partial charge in [0, 0.05) is 18.4 Å². The first-order chi connectivity index (χ1) is 9.54. The summed E-state index contributed by atoms with van der Waals surface area (Å²) in [6, 6.07) is 0.861. The number of pyridine rings is 1. The molecule has 1 aromatic heterocycles. The van der Waals surface area contributed by atoms with Crippen LogP contribution in [0.25, 0.3) is 0 Å². The summed E-state index contributed by atoms with van der Waals surface area (Å²) in [5, 5.41) is 3.11. The van der Waals surface area contributed by atoms with E-state index in [1.165, 1.54) is 25.2 Å². The lowest BCUT2D eigenvalue weighted by molar-refractivity contribution is -0.138. The summed E-state index contributed by atoms with van der Waals surface area (Å²) in [5.41, 5.74) is -0.239. The molecular weight excluding hydrogens is 265 g/mol. The summed E-state index contributed by atoms with van der Waals surface area (Å²) >= 11 is 0. The van der Waals surface area contributed by atoms with Gasteiger partial charge in [0.2, 0.25) is 0 Å². The van der Waals surface area contributed by atoms with E-state index in [0.29, 0.717) is 23.3 Å². The molecule has 2 nitrogen and oxygen atoms in total. The Morgan fingerprint density at radius 3 is 2.45 bits per heavy atom. The third kappa shape index (κ3) is 2.32. The van der Waals surface area contributed by atoms with E-state index in [1.54, 1.807) is 7.05 Å². The third-order valence-corrected chi connectivity index (χ3v) is 4.91. The van der Waals surface area contributed by atoms with Crippen molar-refractivity contribution >= 4 is 0 Å². The maximum absolute atomic E-state index is 13.1. The quantitative estimate of drug-likeness (QED) is 0.913. The number of fused-ring (bicyclic) bond motifs is 1. The first-order valence-electron chi connectivity index (χ1n) is 7.22. The monoisotopic (exact) mass is 284 g/mol. The predicted octanol–water partition coefficient (Wildman–Crippen LogP) is 3.80. The molecule has 3 rings (SSSR count). The topological polar surface area (TPSA) is 24.9 Å². The molecule has 5 heteroatoms. The Labute approximate surface area is 116 Å². The molecule has 1 aromatic rings. The Morgan fingerprint density at radius 1 is 1.25 bits per heavy atom. The van der Waals surface area contributed by atoms with Gasteiger partial charge in [0.25, 0.3) is 0 Å². The lowest BCUT2D eigenvalue weighted by atomic mass is 9.96. The standard InChI is InChI=1S/C15H19F3N2/c1-19-14(13-9-4-2-3-5-10(9)13)11-8-20-7-6-12(11)15(16,17)18/h6-10,13-14,19H,2-5H2,1H3. The van der Waals surface area contributed by atoms with Gasteiger partial charge in [0.05, 0.1) is 5.56 Å². The Hall–Kier alpha value is -1.10. The van der Waals surface area contributed by atoms with Crippen molar-refractivity contribution in [2.24, 2.45) is 17.8 Å². The van der Waals surface area contributed by atoms with Gasteiger partial charge in [-0.05, 0) is 49.3 Å². The number of aromatic nitrogens is 1. The van der Waals surface area contributed by atoms with E-state index in [9.17, 15) is 13.2 Å². The van der Waals surface area contributed by atoms with Gasteiger partial charge in [0.15, 0.2) is 0 Å². The van der Waals surface area contributed by atoms with Gasteiger partial charge in [-0.15, -0.1) is 0 Å². The predicted molar refractivity (Wildman–Crippen MR) is 70.0 cm³/mol. The summed E-state index contributed by atoms with van der Waals surface area (Å²) in [6.07, 6.45) is 3.05. The van der Waals surface area contributed by atoms with Crippen molar-refractivity contribution in [3.8, 4) is 0 Å². The number of nitrogens with one attached hydrogen (secondary N) is 1. The van der Waals surface area contributed by atoms with Gasteiger partial charge in [-0.2, -0.15) is 13.2 Å². The lowest BCUT2D eigenvalue weighted by Gasteiger charge is -2.21. The summed E-state index contributed by atoms with van der Waals surface area (Å²) in [5.74, 6) is 1.54. The molecule has 1 heterocycles. The van der Waals surface area contributed by atoms with E-state index in [1.807, 2.05) is 0 Å². The van der Waals surface area contributed by atoms with Crippen molar-refractivity contribution in [1.82, 2.24) is 10.3 Å². The maximum Gasteiger partial charge on any atom is 0.416 e. The normalized spacial score (nSPS) is 30.7. The Kier molecular flexibility index (Phi) is 3.48. The van der Waals surface area contributed by atoms with Crippen LogP contribution in [0.15, 0.2) is 18.5 Å². The number of halogens is 3. The molecule has 0 spiro atoms. The Bertz CT molecular complexity index is 474. The molecule has 2 aliphatic rings. The van der Waals surface area contributed by atoms with Crippen LogP contribution in [0.1, 0.15) is 42.9 Å². The zero-order valence-electron chi connectivity index (χ0n) is 11.5. The maximum atomic E-state index is 13.1. The average Bonchev–Trinajstić information content (AvgIpc) is 3.14. The van der Waals surface area contributed by atoms with Gasteiger partial charge in [-0.25, -0.2) is 0 Å². The molecule has 0 amide bonds. The fourth-order valence-electron chi connectivity index (χ4n) is 4.01. The molecule has 0 saturated heterocycles. The second kappa shape index (κ2) is 5.02. The molecule has 0 aliphatic heterocycles. The number of nitrogens with zero attached hydrogens (tertiary/aromatic N) is 1. The molecule has 20 heavy (non-hydrogen) atoms. The van der Waals surface area contributed by atoms with Gasteiger partial charge in [-0.1, -0.05) is 12.8 Å². The summed E-state index contributed by atoms with van der Waals surface area (Å²) in [4.78, 5) is 3.92. The van der Waals surface area contributed by atoms with Crippen LogP contribution in [-0.4, -0.2) is 12.0 Å². The fraction of sp³-hybridized carbons (Fsp3) is 0.667. The molecule has 2 aliphatic carbocycles. The van der Waals surface area contributed by atoms with Crippen LogP contribution in [-0.2, 0) is 6.18 Å². The van der Waals surface area contributed by atoms with Gasteiger partial charge in [-0.3, -0.25) is 4.98 Å². The molecule has 3 atom stereocenters. The molecule has 2 fully saturated rings. The van der Waals surface area contributed by atoms with Crippen molar-refractivity contribution in [2.75, 3.05) is 7.05 Å². The summed E-state index contributed by atoms with van der Waals surface area (Å²) < 4.78 is 39.4. The van der Waals surface area contributed by atoms with Crippen molar-refractivity contribution in [2.45, 2.75) is 37.9 Å². The average molecular weight is 284 g/mol. The summed E-state index contributed by atoms with van der Waals surface area (Å²) in [7, 11) is 1.75. The first-order valence-corrected chi connectivity index (χ1v) is 7.22. The van der Waals surface area contributed by atoms with Crippen molar-refractivity contribution in [1.29, 1.82) is 0 Å². The zero-order chi connectivity index (χ0) is 14.3. The van der Waals surface area contributed by atoms with Crippen molar-refractivity contribution in [3.63, 3.8) is 0 Å². The molecule has 0 radical (unpaired) electrons. The SMILES string of the molecule is CNC(c1cnccc1C(F)(F)F)C1C2CCCCC21. The third-order valence-electron chi connectivity index (χ3n) is 4.91. The van der Waals surface area contributed by atoms with E-state index in [0.717, 1.165) is 18.9 Å². The highest BCUT2D eigenvalue weighted by Crippen LogP contribution is 2.60. The van der Waals surface area contributed by atoms with Crippen LogP contribution in [0.3, 0.4) is 0 Å². The van der Waals surface area contributed by atoms with Crippen LogP contribution < -0.4 is 5.32 Å². The van der Waals surface area contributed by atoms with Crippen LogP contribution >= 0.6 is 0 Å². The highest BCUT2D eigenvalue weighted by Gasteiger charge is 2.55. The van der Waals surface area contributed by atoms with Crippen molar-refractivity contribution < 1.29 is 13.2 Å². The van der Waals surface area contributed by atoms with Crippen LogP contribution in [0.4, 0.5) is 13.2 Å². The van der Waals surface area contributed by atoms with E-state index in [-0.39, 0.29) is 6.04 Å². The van der Waals surface area contributed by atoms with E-state index < -0.39 is 11.7 Å². The second-order valence-electron chi connectivity index (χ2n) is 5.92. The van der Waals surface area contributed by atoms with Gasteiger partial charge in [0.1, 0.15) is 0 Å². The minimum absolute atomic E-state index is 0.228. The van der Waals surface area contributed by atoms with Crippen LogP contribution in [0.2, 0.25) is 0 Å². The largest absolute Gasteiger partial charge is 0.416 e. The van der Waals surface area contributed by atoms with Gasteiger partial charge >= 0.3 is 6.18 Å². The Balaban J connectivity index is 1.91. The first kappa shape index (κ1) is 13.9. The molecule has 110 valence electrons. The highest BCUT2D eigenvalue weighted by atomic mass is 19.4. The Morgan fingerprint density at radius 2 is 1.90 bits per heavy atom. The highest BCUT2D eigenvalue weighted by molar-refractivity contribution is 5.31. The second-order valence-corrected chi connectivity index (χ2v) is 5.92. The smallest absolute Gasteiger partial charge is 0.313 e. The lowest BCUT2D eigenvalue weighted by Crippen LogP contribution is -2.24. The molecule has 1 N–H and O–H groups in total. The zero-order valence-corrected chi connectivity index (χ0v) is 11.5. The summed E-state index contributed by atoms with van der Waals surface area (Å²) in [6.45, 7) is 0. The van der Waals surface area contributed by atoms with E-state index >= 15 is 0 Å². The van der Waals surface area contributed by atoms with Crippen molar-refractivity contribution in [3.05, 3.63) is 29.6 Å². The molecule has 0 aromatic carbocycles. The van der Waals surface area contributed by atoms with E-state index in [4.69, 9.17) is 0 Å². The minimum Gasteiger partial charge on any atom is -0.313 e. The number of rotatable bonds is 3. The van der Waals surface area contributed by atoms with Crippen LogP contribution in [0, 0.1) is 17.8 Å². The number of hydrogen-bond donors (Lipinski definition) is 1. The fourth-order valence-corrected chi connectivity index (χ4v) is 4.01. The van der Waals surface area contributed by atoms with Crippen LogP contribution in [0.5, 0.6) is 0 Å². The molecule has 2 saturated carbocycles. The minimum atomic E-state index is -4.31. The molecule has 0 bridgehead atoms. The molecular formula is C15H19F3N2. The van der Waals surface area contributed by atoms with E-state index in [2.05, 4.69) is 10.3 Å². The van der Waals surface area contributed by atoms with Gasteiger partial charge < -0.3 is 5.32 Å².